The molecule has 0 saturated carbocycles. The standard InChI is InChI=1S/C16H22N2O3/c1-12(14-9-17-10-14)16(20)18(7-8-19)11-13-5-3-4-6-15(13)21-2/h3-6,17,19H,7-11H2,1-2H3. The van der Waals surface area contributed by atoms with E-state index in [1.165, 1.54) is 0 Å². The Bertz CT molecular complexity index is 534. The molecule has 1 aliphatic heterocycles. The minimum atomic E-state index is -0.0538. The summed E-state index contributed by atoms with van der Waals surface area (Å²) >= 11 is 0. The van der Waals surface area contributed by atoms with Gasteiger partial charge in [-0.1, -0.05) is 18.2 Å². The average molecular weight is 290 g/mol. The van der Waals surface area contributed by atoms with E-state index >= 15 is 0 Å². The molecule has 0 aliphatic carbocycles. The van der Waals surface area contributed by atoms with Gasteiger partial charge in [0.2, 0.25) is 5.91 Å². The van der Waals surface area contributed by atoms with Gasteiger partial charge in [0.1, 0.15) is 5.75 Å². The fraction of sp³-hybridized carbons (Fsp3) is 0.438. The number of aliphatic hydroxyl groups excluding tert-OH is 1. The number of ether oxygens (including phenoxy) is 1. The van der Waals surface area contributed by atoms with Crippen molar-refractivity contribution in [1.82, 2.24) is 10.2 Å². The Labute approximate surface area is 125 Å². The van der Waals surface area contributed by atoms with Crippen molar-refractivity contribution in [3.63, 3.8) is 0 Å². The van der Waals surface area contributed by atoms with Crippen molar-refractivity contribution < 1.29 is 14.6 Å². The first kappa shape index (κ1) is 15.5. The molecule has 2 rings (SSSR count). The van der Waals surface area contributed by atoms with Crippen molar-refractivity contribution in [2.45, 2.75) is 13.5 Å². The lowest BCUT2D eigenvalue weighted by Gasteiger charge is -2.27. The molecule has 114 valence electrons. The molecule has 0 spiro atoms. The molecule has 0 bridgehead atoms. The number of aliphatic hydroxyl groups is 1. The summed E-state index contributed by atoms with van der Waals surface area (Å²) < 4.78 is 5.32. The van der Waals surface area contributed by atoms with E-state index < -0.39 is 0 Å². The predicted molar refractivity (Wildman–Crippen MR) is 81.1 cm³/mol. The number of benzene rings is 1. The maximum Gasteiger partial charge on any atom is 0.249 e. The van der Waals surface area contributed by atoms with E-state index in [2.05, 4.69) is 5.32 Å². The molecular weight excluding hydrogens is 268 g/mol. The Kier molecular flexibility index (Phi) is 5.36. The van der Waals surface area contributed by atoms with E-state index in [4.69, 9.17) is 4.74 Å². The first-order valence-electron chi connectivity index (χ1n) is 7.08. The molecular formula is C16H22N2O3. The third kappa shape index (κ3) is 3.62. The van der Waals surface area contributed by atoms with Crippen LogP contribution in [0.15, 0.2) is 35.4 Å². The fourth-order valence-corrected chi connectivity index (χ4v) is 2.32. The van der Waals surface area contributed by atoms with Crippen LogP contribution >= 0.6 is 0 Å². The third-order valence-electron chi connectivity index (χ3n) is 3.74. The number of carbonyl (C=O) groups is 1. The lowest BCUT2D eigenvalue weighted by atomic mass is 10.0. The number of nitrogens with one attached hydrogen (secondary N) is 1. The number of amides is 1. The number of hydrogen-bond donors (Lipinski definition) is 2. The Balaban J connectivity index is 2.17. The molecule has 1 aromatic carbocycles. The Morgan fingerprint density at radius 3 is 2.67 bits per heavy atom. The maximum atomic E-state index is 12.6. The molecule has 0 atom stereocenters. The van der Waals surface area contributed by atoms with Crippen molar-refractivity contribution in [3.05, 3.63) is 41.0 Å². The minimum Gasteiger partial charge on any atom is -0.496 e. The summed E-state index contributed by atoms with van der Waals surface area (Å²) in [5.41, 5.74) is 2.85. The van der Waals surface area contributed by atoms with Crippen LogP contribution in [0.25, 0.3) is 0 Å². The van der Waals surface area contributed by atoms with Gasteiger partial charge in [-0.2, -0.15) is 0 Å². The highest BCUT2D eigenvalue weighted by atomic mass is 16.5. The second-order valence-electron chi connectivity index (χ2n) is 5.09. The molecule has 1 fully saturated rings. The molecule has 1 saturated heterocycles. The van der Waals surface area contributed by atoms with E-state index in [0.717, 1.165) is 35.5 Å². The van der Waals surface area contributed by atoms with E-state index in [0.29, 0.717) is 13.1 Å². The van der Waals surface area contributed by atoms with Crippen LogP contribution in [0.3, 0.4) is 0 Å². The molecule has 0 unspecified atom stereocenters. The van der Waals surface area contributed by atoms with Gasteiger partial charge in [0.05, 0.1) is 13.7 Å². The third-order valence-corrected chi connectivity index (χ3v) is 3.74. The topological polar surface area (TPSA) is 61.8 Å². The highest BCUT2D eigenvalue weighted by Crippen LogP contribution is 2.21. The summed E-state index contributed by atoms with van der Waals surface area (Å²) in [6, 6.07) is 7.62. The molecule has 0 radical (unpaired) electrons. The highest BCUT2D eigenvalue weighted by Gasteiger charge is 2.21. The van der Waals surface area contributed by atoms with Gasteiger partial charge in [-0.3, -0.25) is 4.79 Å². The van der Waals surface area contributed by atoms with Gasteiger partial charge in [-0.25, -0.2) is 0 Å². The SMILES string of the molecule is COc1ccccc1CN(CCO)C(=O)C(C)=C1CNC1. The lowest BCUT2D eigenvalue weighted by molar-refractivity contribution is -0.128. The van der Waals surface area contributed by atoms with Gasteiger partial charge in [-0.05, 0) is 18.6 Å². The van der Waals surface area contributed by atoms with Crippen LogP contribution in [0.4, 0.5) is 0 Å². The second-order valence-corrected chi connectivity index (χ2v) is 5.09. The van der Waals surface area contributed by atoms with Crippen molar-refractivity contribution >= 4 is 5.91 Å². The number of para-hydroxylation sites is 1. The van der Waals surface area contributed by atoms with Gasteiger partial charge in [-0.15, -0.1) is 0 Å². The monoisotopic (exact) mass is 290 g/mol. The number of hydrogen-bond acceptors (Lipinski definition) is 4. The van der Waals surface area contributed by atoms with Gasteiger partial charge < -0.3 is 20.1 Å². The molecule has 1 aromatic rings. The molecule has 1 amide bonds. The summed E-state index contributed by atoms with van der Waals surface area (Å²) in [6.45, 7) is 4.10. The largest absolute Gasteiger partial charge is 0.496 e. The van der Waals surface area contributed by atoms with Crippen LogP contribution in [0.2, 0.25) is 0 Å². The Morgan fingerprint density at radius 2 is 2.10 bits per heavy atom. The zero-order valence-electron chi connectivity index (χ0n) is 12.6. The normalized spacial score (nSPS) is 13.6. The minimum absolute atomic E-state index is 0.0218. The zero-order chi connectivity index (χ0) is 15.2. The molecule has 5 heteroatoms. The van der Waals surface area contributed by atoms with Crippen LogP contribution in [-0.4, -0.2) is 49.3 Å². The zero-order valence-corrected chi connectivity index (χ0v) is 12.6. The quantitative estimate of drug-likeness (QED) is 0.765. The number of carbonyl (C=O) groups excluding carboxylic acids is 1. The average Bonchev–Trinajstić information content (AvgIpc) is 2.44. The number of methoxy groups -OCH3 is 1. The molecule has 5 nitrogen and oxygen atoms in total. The summed E-state index contributed by atoms with van der Waals surface area (Å²) in [4.78, 5) is 14.2. The van der Waals surface area contributed by atoms with Crippen LogP contribution in [-0.2, 0) is 11.3 Å². The first-order chi connectivity index (χ1) is 10.2. The van der Waals surface area contributed by atoms with Crippen molar-refractivity contribution in [2.24, 2.45) is 0 Å². The lowest BCUT2D eigenvalue weighted by Crippen LogP contribution is -2.39. The summed E-state index contributed by atoms with van der Waals surface area (Å²) in [5.74, 6) is 0.732. The predicted octanol–water partition coefficient (Wildman–Crippen LogP) is 0.936. The maximum absolute atomic E-state index is 12.6. The van der Waals surface area contributed by atoms with E-state index in [9.17, 15) is 9.90 Å². The van der Waals surface area contributed by atoms with Crippen LogP contribution in [0, 0.1) is 0 Å². The molecule has 0 aromatic heterocycles. The Hall–Kier alpha value is -1.85. The first-order valence-corrected chi connectivity index (χ1v) is 7.08. The van der Waals surface area contributed by atoms with E-state index in [1.54, 1.807) is 12.0 Å². The second kappa shape index (κ2) is 7.24. The summed E-state index contributed by atoms with van der Waals surface area (Å²) in [5, 5.41) is 12.4. The number of rotatable bonds is 6. The highest BCUT2D eigenvalue weighted by molar-refractivity contribution is 5.94. The van der Waals surface area contributed by atoms with Crippen LogP contribution < -0.4 is 10.1 Å². The van der Waals surface area contributed by atoms with Gasteiger partial charge in [0, 0.05) is 37.3 Å². The summed E-state index contributed by atoms with van der Waals surface area (Å²) in [6.07, 6.45) is 0. The number of nitrogens with zero attached hydrogens (tertiary/aromatic N) is 1. The van der Waals surface area contributed by atoms with Gasteiger partial charge in [0.25, 0.3) is 0 Å². The van der Waals surface area contributed by atoms with E-state index in [-0.39, 0.29) is 12.5 Å². The fourth-order valence-electron chi connectivity index (χ4n) is 2.32. The Morgan fingerprint density at radius 1 is 1.38 bits per heavy atom. The molecule has 1 heterocycles. The molecule has 2 N–H and O–H groups in total. The molecule has 1 aliphatic rings. The van der Waals surface area contributed by atoms with Gasteiger partial charge >= 0.3 is 0 Å². The van der Waals surface area contributed by atoms with Crippen molar-refractivity contribution in [2.75, 3.05) is 33.4 Å². The van der Waals surface area contributed by atoms with Crippen LogP contribution in [0.5, 0.6) is 5.75 Å². The summed E-state index contributed by atoms with van der Waals surface area (Å²) in [7, 11) is 1.62. The molecule has 21 heavy (non-hydrogen) atoms. The smallest absolute Gasteiger partial charge is 0.249 e. The van der Waals surface area contributed by atoms with Crippen LogP contribution in [0.1, 0.15) is 12.5 Å². The van der Waals surface area contributed by atoms with Crippen molar-refractivity contribution in [3.8, 4) is 5.75 Å². The van der Waals surface area contributed by atoms with Gasteiger partial charge in [0.15, 0.2) is 0 Å². The van der Waals surface area contributed by atoms with E-state index in [1.807, 2.05) is 31.2 Å². The van der Waals surface area contributed by atoms with Crippen molar-refractivity contribution in [1.29, 1.82) is 0 Å².